The minimum Gasteiger partial charge on any atom is -0.454 e. The molecule has 0 aromatic rings. The van der Waals surface area contributed by atoms with E-state index < -0.39 is 90.2 Å². The maximum atomic E-state index is 13.4. The molecule has 0 aliphatic heterocycles. The fourth-order valence-corrected chi connectivity index (χ4v) is 4.90. The first-order valence-corrected chi connectivity index (χ1v) is 14.6. The number of ether oxygens (including phenoxy) is 4. The van der Waals surface area contributed by atoms with Gasteiger partial charge < -0.3 is 18.9 Å². The van der Waals surface area contributed by atoms with Crippen molar-refractivity contribution >= 4 is 23.9 Å². The van der Waals surface area contributed by atoms with Crippen molar-refractivity contribution in [3.63, 3.8) is 0 Å². The van der Waals surface area contributed by atoms with Gasteiger partial charge in [-0.1, -0.05) is 69.2 Å². The van der Waals surface area contributed by atoms with Crippen molar-refractivity contribution in [3.05, 3.63) is 0 Å². The van der Waals surface area contributed by atoms with Gasteiger partial charge in [-0.15, -0.1) is 0 Å². The summed E-state index contributed by atoms with van der Waals surface area (Å²) in [7, 11) is 0. The van der Waals surface area contributed by atoms with Crippen molar-refractivity contribution in [1.82, 2.24) is 0 Å². The lowest BCUT2D eigenvalue weighted by Gasteiger charge is -2.47. The highest BCUT2D eigenvalue weighted by Crippen LogP contribution is 2.52. The van der Waals surface area contributed by atoms with Gasteiger partial charge in [0.25, 0.3) is 0 Å². The Labute approximate surface area is 262 Å². The Balaban J connectivity index is 5.73. The average Bonchev–Trinajstić information content (AvgIpc) is 2.82. The summed E-state index contributed by atoms with van der Waals surface area (Å²) in [5.74, 6) is -4.94. The molecule has 8 nitrogen and oxygen atoms in total. The maximum Gasteiger partial charge on any atom is 0.422 e. The van der Waals surface area contributed by atoms with Gasteiger partial charge in [0.05, 0.1) is 11.3 Å². The van der Waals surface area contributed by atoms with Crippen LogP contribution >= 0.6 is 0 Å². The highest BCUT2D eigenvalue weighted by molar-refractivity contribution is 5.81. The molecule has 0 rings (SSSR count). The molecule has 0 bridgehead atoms. The van der Waals surface area contributed by atoms with Crippen molar-refractivity contribution in [3.8, 4) is 0 Å². The standard InChI is InChI=1S/C31H50F6O8/c1-25(2,3)17-29(11,24(41)43-16-22(39)45-19-31(35,36)37)28(9,10)13-12-27(7,8)14-20(26(4,5)6)23(40)42-15-21(38)44-18-30(32,33)34/h20H,12-19H2,1-11H3. The number of esters is 4. The van der Waals surface area contributed by atoms with Crippen LogP contribution in [0.4, 0.5) is 26.3 Å². The van der Waals surface area contributed by atoms with Crippen LogP contribution < -0.4 is 0 Å². The Bertz CT molecular complexity index is 1020. The van der Waals surface area contributed by atoms with Crippen LogP contribution in [0.5, 0.6) is 0 Å². The van der Waals surface area contributed by atoms with E-state index in [1.807, 2.05) is 48.5 Å². The van der Waals surface area contributed by atoms with E-state index in [1.54, 1.807) is 27.7 Å². The molecule has 0 aromatic heterocycles. The van der Waals surface area contributed by atoms with Crippen molar-refractivity contribution in [1.29, 1.82) is 0 Å². The number of alkyl halides is 6. The molecule has 0 spiro atoms. The Kier molecular flexibility index (Phi) is 14.5. The molecular formula is C31H50F6O8. The summed E-state index contributed by atoms with van der Waals surface area (Å²) in [5, 5.41) is 0. The van der Waals surface area contributed by atoms with Crippen LogP contribution in [0.15, 0.2) is 0 Å². The minimum absolute atomic E-state index is 0.272. The van der Waals surface area contributed by atoms with E-state index in [2.05, 4.69) is 9.47 Å². The molecule has 0 amide bonds. The Hall–Kier alpha value is -2.54. The molecule has 45 heavy (non-hydrogen) atoms. The van der Waals surface area contributed by atoms with Gasteiger partial charge in [-0.25, -0.2) is 9.59 Å². The zero-order chi connectivity index (χ0) is 35.9. The third-order valence-corrected chi connectivity index (χ3v) is 7.79. The number of halogens is 6. The van der Waals surface area contributed by atoms with E-state index in [-0.39, 0.29) is 11.8 Å². The molecule has 0 aromatic carbocycles. The molecule has 2 unspecified atom stereocenters. The molecule has 0 fully saturated rings. The normalized spacial score (nSPS) is 15.5. The Morgan fingerprint density at radius 3 is 1.40 bits per heavy atom. The van der Waals surface area contributed by atoms with Crippen molar-refractivity contribution in [2.24, 2.45) is 33.0 Å². The number of carbonyl (C=O) groups is 4. The lowest BCUT2D eigenvalue weighted by molar-refractivity contribution is -0.192. The second-order valence-corrected chi connectivity index (χ2v) is 15.5. The van der Waals surface area contributed by atoms with E-state index in [9.17, 15) is 45.5 Å². The molecule has 14 heteroatoms. The van der Waals surface area contributed by atoms with Gasteiger partial charge >= 0.3 is 36.2 Å². The summed E-state index contributed by atoms with van der Waals surface area (Å²) >= 11 is 0. The number of hydrogen-bond acceptors (Lipinski definition) is 8. The molecular weight excluding hydrogens is 614 g/mol. The van der Waals surface area contributed by atoms with Crippen molar-refractivity contribution in [2.45, 2.75) is 114 Å². The summed E-state index contributed by atoms with van der Waals surface area (Å²) in [6, 6.07) is 0. The lowest BCUT2D eigenvalue weighted by atomic mass is 9.57. The summed E-state index contributed by atoms with van der Waals surface area (Å²) in [6.07, 6.45) is -7.95. The molecule has 0 saturated heterocycles. The predicted octanol–water partition coefficient (Wildman–Crippen LogP) is 7.61. The van der Waals surface area contributed by atoms with Gasteiger partial charge in [0, 0.05) is 0 Å². The van der Waals surface area contributed by atoms with Gasteiger partial charge in [0.1, 0.15) is 0 Å². The third-order valence-electron chi connectivity index (χ3n) is 7.79. The molecule has 0 saturated carbocycles. The quantitative estimate of drug-likeness (QED) is 0.100. The van der Waals surface area contributed by atoms with Crippen molar-refractivity contribution < 1.29 is 64.5 Å². The monoisotopic (exact) mass is 664 g/mol. The smallest absolute Gasteiger partial charge is 0.422 e. The Morgan fingerprint density at radius 1 is 0.600 bits per heavy atom. The van der Waals surface area contributed by atoms with Crippen LogP contribution in [-0.2, 0) is 38.1 Å². The van der Waals surface area contributed by atoms with Gasteiger partial charge in [-0.05, 0) is 54.3 Å². The van der Waals surface area contributed by atoms with E-state index in [4.69, 9.17) is 9.47 Å². The first kappa shape index (κ1) is 42.5. The van der Waals surface area contributed by atoms with Crippen LogP contribution in [0, 0.1) is 33.0 Å². The largest absolute Gasteiger partial charge is 0.454 e. The SMILES string of the molecule is CC(C)(C)CC(C)(C(=O)OCC(=O)OCC(F)(F)F)C(C)(C)CCC(C)(C)CC(C(=O)OCC(=O)OCC(F)(F)F)C(C)(C)C. The van der Waals surface area contributed by atoms with Crippen LogP contribution in [0.1, 0.15) is 102 Å². The van der Waals surface area contributed by atoms with Crippen LogP contribution in [-0.4, -0.2) is 62.7 Å². The lowest BCUT2D eigenvalue weighted by Crippen LogP contribution is -2.47. The fourth-order valence-electron chi connectivity index (χ4n) is 4.90. The van der Waals surface area contributed by atoms with Crippen LogP contribution in [0.2, 0.25) is 0 Å². The maximum absolute atomic E-state index is 13.4. The second-order valence-electron chi connectivity index (χ2n) is 15.5. The first-order chi connectivity index (χ1) is 19.8. The summed E-state index contributed by atoms with van der Waals surface area (Å²) in [5.41, 5.74) is -3.54. The van der Waals surface area contributed by atoms with E-state index in [0.717, 1.165) is 0 Å². The summed E-state index contributed by atoms with van der Waals surface area (Å²) in [4.78, 5) is 49.9. The van der Waals surface area contributed by atoms with E-state index in [0.29, 0.717) is 19.3 Å². The van der Waals surface area contributed by atoms with Gasteiger partial charge in [0.2, 0.25) is 0 Å². The zero-order valence-corrected chi connectivity index (χ0v) is 28.3. The Morgan fingerprint density at radius 2 is 1.02 bits per heavy atom. The number of carbonyl (C=O) groups excluding carboxylic acids is 4. The topological polar surface area (TPSA) is 105 Å². The fraction of sp³-hybridized carbons (Fsp3) is 0.871. The molecule has 0 heterocycles. The summed E-state index contributed by atoms with van der Waals surface area (Å²) < 4.78 is 92.5. The van der Waals surface area contributed by atoms with Gasteiger partial charge in [0.15, 0.2) is 26.4 Å². The molecule has 2 atom stereocenters. The first-order valence-electron chi connectivity index (χ1n) is 14.6. The molecule has 0 radical (unpaired) electrons. The average molecular weight is 665 g/mol. The van der Waals surface area contributed by atoms with Gasteiger partial charge in [-0.2, -0.15) is 26.3 Å². The van der Waals surface area contributed by atoms with E-state index >= 15 is 0 Å². The molecule has 0 N–H and O–H groups in total. The summed E-state index contributed by atoms with van der Waals surface area (Å²) in [6.45, 7) is 14.8. The van der Waals surface area contributed by atoms with Crippen LogP contribution in [0.25, 0.3) is 0 Å². The highest BCUT2D eigenvalue weighted by Gasteiger charge is 2.51. The van der Waals surface area contributed by atoms with Gasteiger partial charge in [-0.3, -0.25) is 9.59 Å². The van der Waals surface area contributed by atoms with Crippen molar-refractivity contribution in [2.75, 3.05) is 26.4 Å². The molecule has 0 aliphatic carbocycles. The number of hydrogen-bond donors (Lipinski definition) is 0. The highest BCUT2D eigenvalue weighted by atomic mass is 19.4. The number of rotatable bonds is 15. The zero-order valence-electron chi connectivity index (χ0n) is 28.3. The second kappa shape index (κ2) is 15.4. The molecule has 0 aliphatic rings. The molecule has 264 valence electrons. The predicted molar refractivity (Wildman–Crippen MR) is 152 cm³/mol. The third kappa shape index (κ3) is 16.5. The van der Waals surface area contributed by atoms with E-state index in [1.165, 1.54) is 0 Å². The minimum atomic E-state index is -4.72. The van der Waals surface area contributed by atoms with Crippen LogP contribution in [0.3, 0.4) is 0 Å².